The number of aryl methyl sites for hydroxylation is 2. The quantitative estimate of drug-likeness (QED) is 0.695. The lowest BCUT2D eigenvalue weighted by Gasteiger charge is -2.13. The predicted molar refractivity (Wildman–Crippen MR) is 104 cm³/mol. The molecule has 0 aliphatic carbocycles. The highest BCUT2D eigenvalue weighted by atomic mass is 35.5. The van der Waals surface area contributed by atoms with Gasteiger partial charge in [0.05, 0.1) is 40.9 Å². The number of benzene rings is 2. The van der Waals surface area contributed by atoms with Crippen LogP contribution in [0.2, 0.25) is 5.02 Å². The maximum Gasteiger partial charge on any atom is 0.328 e. The molecule has 8 nitrogen and oxygen atoms in total. The number of anilines is 1. The van der Waals surface area contributed by atoms with Gasteiger partial charge in [-0.05, 0) is 24.3 Å². The summed E-state index contributed by atoms with van der Waals surface area (Å²) in [6.07, 6.45) is 0. The van der Waals surface area contributed by atoms with Gasteiger partial charge in [0.15, 0.2) is 0 Å². The number of ether oxygens (including phenoxy) is 2. The third kappa shape index (κ3) is 3.24. The second-order valence-electron chi connectivity index (χ2n) is 5.84. The Labute approximate surface area is 160 Å². The van der Waals surface area contributed by atoms with Gasteiger partial charge in [0, 0.05) is 20.2 Å². The summed E-state index contributed by atoms with van der Waals surface area (Å²) in [5.41, 5.74) is 1.16. The summed E-state index contributed by atoms with van der Waals surface area (Å²) in [6, 6.07) is 7.31. The molecule has 1 aromatic heterocycles. The highest BCUT2D eigenvalue weighted by molar-refractivity contribution is 7.92. The topological polar surface area (TPSA) is 91.6 Å². The molecule has 0 bridgehead atoms. The van der Waals surface area contributed by atoms with E-state index in [1.165, 1.54) is 41.6 Å². The summed E-state index contributed by atoms with van der Waals surface area (Å²) in [6.45, 7) is 0. The monoisotopic (exact) mass is 411 g/mol. The molecule has 0 aliphatic rings. The number of rotatable bonds is 5. The highest BCUT2D eigenvalue weighted by Gasteiger charge is 2.20. The molecule has 3 aromatic rings. The minimum atomic E-state index is -3.94. The Morgan fingerprint density at radius 3 is 2.11 bits per heavy atom. The Bertz CT molecular complexity index is 1200. The van der Waals surface area contributed by atoms with Crippen molar-refractivity contribution in [2.45, 2.75) is 4.90 Å². The van der Waals surface area contributed by atoms with Gasteiger partial charge in [-0.15, -0.1) is 0 Å². The van der Waals surface area contributed by atoms with Gasteiger partial charge in [0.2, 0.25) is 0 Å². The van der Waals surface area contributed by atoms with Gasteiger partial charge in [0.25, 0.3) is 10.0 Å². The van der Waals surface area contributed by atoms with Crippen LogP contribution < -0.4 is 19.9 Å². The zero-order valence-electron chi connectivity index (χ0n) is 15.1. The lowest BCUT2D eigenvalue weighted by Crippen LogP contribution is -2.19. The molecule has 1 N–H and O–H groups in total. The largest absolute Gasteiger partial charge is 0.495 e. The van der Waals surface area contributed by atoms with Gasteiger partial charge in [-0.2, -0.15) is 0 Å². The van der Waals surface area contributed by atoms with Crippen molar-refractivity contribution >= 4 is 38.3 Å². The fourth-order valence-electron chi connectivity index (χ4n) is 2.79. The van der Waals surface area contributed by atoms with E-state index in [0.29, 0.717) is 16.8 Å². The summed E-state index contributed by atoms with van der Waals surface area (Å²) in [4.78, 5) is 12.1. The summed E-state index contributed by atoms with van der Waals surface area (Å²) in [5, 5.41) is 0.174. The van der Waals surface area contributed by atoms with Gasteiger partial charge in [-0.1, -0.05) is 11.6 Å². The van der Waals surface area contributed by atoms with Crippen LogP contribution in [-0.2, 0) is 24.1 Å². The van der Waals surface area contributed by atoms with E-state index < -0.39 is 10.0 Å². The average molecular weight is 412 g/mol. The van der Waals surface area contributed by atoms with Crippen LogP contribution in [-0.4, -0.2) is 31.8 Å². The van der Waals surface area contributed by atoms with Crippen molar-refractivity contribution in [2.75, 3.05) is 18.9 Å². The number of fused-ring (bicyclic) bond motifs is 1. The van der Waals surface area contributed by atoms with Gasteiger partial charge in [-0.3, -0.25) is 13.9 Å². The zero-order chi connectivity index (χ0) is 19.9. The summed E-state index contributed by atoms with van der Waals surface area (Å²) >= 11 is 6.03. The van der Waals surface area contributed by atoms with Crippen LogP contribution in [0, 0.1) is 0 Å². The first-order chi connectivity index (χ1) is 12.7. The van der Waals surface area contributed by atoms with E-state index in [4.69, 9.17) is 21.1 Å². The Kier molecular flexibility index (Phi) is 4.83. The number of halogens is 1. The van der Waals surface area contributed by atoms with Crippen LogP contribution in [0.4, 0.5) is 5.69 Å². The lowest BCUT2D eigenvalue weighted by atomic mass is 10.2. The van der Waals surface area contributed by atoms with Crippen LogP contribution in [0.1, 0.15) is 0 Å². The fraction of sp³-hybridized carbons (Fsp3) is 0.235. The average Bonchev–Trinajstić information content (AvgIpc) is 2.84. The van der Waals surface area contributed by atoms with Crippen molar-refractivity contribution in [3.63, 3.8) is 0 Å². The van der Waals surface area contributed by atoms with E-state index in [1.54, 1.807) is 26.2 Å². The number of hydrogen-bond donors (Lipinski definition) is 1. The van der Waals surface area contributed by atoms with Crippen LogP contribution >= 0.6 is 11.6 Å². The molecular weight excluding hydrogens is 394 g/mol. The second kappa shape index (κ2) is 6.82. The minimum absolute atomic E-state index is 0.0302. The molecule has 2 aromatic carbocycles. The predicted octanol–water partition coefficient (Wildman–Crippen LogP) is 2.35. The SMILES string of the molecule is COc1ccc(S(=O)(=O)Nc2cc3c(cc2OC)n(C)c(=O)n3C)cc1Cl. The summed E-state index contributed by atoms with van der Waals surface area (Å²) in [7, 11) is 2.16. The number of sulfonamides is 1. The Hall–Kier alpha value is -2.65. The molecule has 0 aliphatic heterocycles. The number of methoxy groups -OCH3 is 2. The normalized spacial score (nSPS) is 11.6. The van der Waals surface area contributed by atoms with E-state index in [2.05, 4.69) is 4.72 Å². The minimum Gasteiger partial charge on any atom is -0.495 e. The van der Waals surface area contributed by atoms with Crippen LogP contribution in [0.3, 0.4) is 0 Å². The lowest BCUT2D eigenvalue weighted by molar-refractivity contribution is 0.414. The molecule has 3 rings (SSSR count). The van der Waals surface area contributed by atoms with Crippen molar-refractivity contribution in [1.82, 2.24) is 9.13 Å². The number of aromatic nitrogens is 2. The molecular formula is C17H18ClN3O5S. The zero-order valence-corrected chi connectivity index (χ0v) is 16.7. The molecule has 27 heavy (non-hydrogen) atoms. The van der Waals surface area contributed by atoms with E-state index in [9.17, 15) is 13.2 Å². The van der Waals surface area contributed by atoms with E-state index in [-0.39, 0.29) is 27.0 Å². The number of nitrogens with one attached hydrogen (secondary N) is 1. The third-order valence-corrected chi connectivity index (χ3v) is 5.93. The van der Waals surface area contributed by atoms with Gasteiger partial charge < -0.3 is 9.47 Å². The van der Waals surface area contributed by atoms with E-state index in [0.717, 1.165) is 0 Å². The third-order valence-electron chi connectivity index (χ3n) is 4.27. The summed E-state index contributed by atoms with van der Waals surface area (Å²) < 4.78 is 41.3. The summed E-state index contributed by atoms with van der Waals surface area (Å²) in [5.74, 6) is 0.654. The molecule has 0 fully saturated rings. The Morgan fingerprint density at radius 2 is 1.56 bits per heavy atom. The number of hydrogen-bond acceptors (Lipinski definition) is 5. The Morgan fingerprint density at radius 1 is 0.963 bits per heavy atom. The Balaban J connectivity index is 2.11. The molecule has 0 spiro atoms. The number of nitrogens with zero attached hydrogens (tertiary/aromatic N) is 2. The van der Waals surface area contributed by atoms with Gasteiger partial charge >= 0.3 is 5.69 Å². The number of imidazole rings is 1. The van der Waals surface area contributed by atoms with Crippen LogP contribution in [0.15, 0.2) is 40.0 Å². The first-order valence-corrected chi connectivity index (χ1v) is 9.65. The van der Waals surface area contributed by atoms with E-state index >= 15 is 0 Å². The fourth-order valence-corrected chi connectivity index (χ4v) is 4.20. The van der Waals surface area contributed by atoms with Crippen LogP contribution in [0.5, 0.6) is 11.5 Å². The maximum atomic E-state index is 12.8. The van der Waals surface area contributed by atoms with Gasteiger partial charge in [-0.25, -0.2) is 13.2 Å². The molecule has 0 saturated carbocycles. The second-order valence-corrected chi connectivity index (χ2v) is 7.93. The van der Waals surface area contributed by atoms with Crippen molar-refractivity contribution in [3.8, 4) is 11.5 Å². The molecule has 10 heteroatoms. The van der Waals surface area contributed by atoms with Crippen molar-refractivity contribution < 1.29 is 17.9 Å². The first kappa shape index (κ1) is 19.1. The smallest absolute Gasteiger partial charge is 0.328 e. The highest BCUT2D eigenvalue weighted by Crippen LogP contribution is 2.33. The van der Waals surface area contributed by atoms with Crippen LogP contribution in [0.25, 0.3) is 11.0 Å². The molecule has 1 heterocycles. The van der Waals surface area contributed by atoms with Crippen molar-refractivity contribution in [1.29, 1.82) is 0 Å². The molecule has 0 radical (unpaired) electrons. The standard InChI is InChI=1S/C17H18ClN3O5S/c1-20-13-8-12(16(26-4)9-14(13)21(2)17(20)22)19-27(23,24)10-5-6-15(25-3)11(18)7-10/h5-9,19H,1-4H3. The molecule has 0 unspecified atom stereocenters. The van der Waals surface area contributed by atoms with Gasteiger partial charge in [0.1, 0.15) is 11.5 Å². The van der Waals surface area contributed by atoms with E-state index in [1.807, 2.05) is 0 Å². The molecule has 0 amide bonds. The molecule has 0 atom stereocenters. The van der Waals surface area contributed by atoms with Crippen molar-refractivity contribution in [3.05, 3.63) is 45.8 Å². The molecule has 0 saturated heterocycles. The maximum absolute atomic E-state index is 12.8. The molecule has 144 valence electrons. The first-order valence-electron chi connectivity index (χ1n) is 7.79. The van der Waals surface area contributed by atoms with Crippen molar-refractivity contribution in [2.24, 2.45) is 14.1 Å².